The van der Waals surface area contributed by atoms with Gasteiger partial charge in [0.15, 0.2) is 6.61 Å². The molecule has 0 fully saturated rings. The fourth-order valence-corrected chi connectivity index (χ4v) is 2.76. The molecule has 0 aliphatic rings. The van der Waals surface area contributed by atoms with Gasteiger partial charge in [-0.3, -0.25) is 14.4 Å². The highest BCUT2D eigenvalue weighted by Crippen LogP contribution is 2.16. The number of carbonyl (C=O) groups is 3. The molecule has 0 aliphatic heterocycles. The van der Waals surface area contributed by atoms with E-state index in [9.17, 15) is 18.8 Å². The van der Waals surface area contributed by atoms with E-state index in [1.807, 2.05) is 6.92 Å². The minimum Gasteiger partial charge on any atom is -0.455 e. The number of benzene rings is 1. The van der Waals surface area contributed by atoms with Gasteiger partial charge >= 0.3 is 5.97 Å². The van der Waals surface area contributed by atoms with Crippen molar-refractivity contribution in [3.8, 4) is 0 Å². The zero-order valence-corrected chi connectivity index (χ0v) is 14.9. The number of amides is 2. The standard InChI is InChI=1S/C17H18FN3O4S/c1-11-20-13(10-26-11)8-17(24)25-9-16(23)21(7-6-15(19)22)14-4-2-12(18)3-5-14/h2-5,10H,6-9H2,1H3,(H2,19,22). The van der Waals surface area contributed by atoms with Crippen molar-refractivity contribution in [2.45, 2.75) is 19.8 Å². The van der Waals surface area contributed by atoms with Crippen LogP contribution in [0.3, 0.4) is 0 Å². The van der Waals surface area contributed by atoms with Crippen molar-refractivity contribution in [3.63, 3.8) is 0 Å². The number of hydrogen-bond donors (Lipinski definition) is 1. The van der Waals surface area contributed by atoms with Crippen molar-refractivity contribution in [1.29, 1.82) is 0 Å². The Kier molecular flexibility index (Phi) is 6.79. The normalized spacial score (nSPS) is 10.4. The number of anilines is 1. The number of nitrogens with two attached hydrogens (primary N) is 1. The molecule has 2 rings (SSSR count). The quantitative estimate of drug-likeness (QED) is 0.702. The topological polar surface area (TPSA) is 103 Å². The maximum absolute atomic E-state index is 13.1. The highest BCUT2D eigenvalue weighted by atomic mass is 32.1. The number of aromatic nitrogens is 1. The van der Waals surface area contributed by atoms with Crippen LogP contribution in [-0.2, 0) is 25.5 Å². The lowest BCUT2D eigenvalue weighted by atomic mass is 10.2. The van der Waals surface area contributed by atoms with Gasteiger partial charge in [-0.25, -0.2) is 9.37 Å². The summed E-state index contributed by atoms with van der Waals surface area (Å²) >= 11 is 1.41. The Hall–Kier alpha value is -2.81. The lowest BCUT2D eigenvalue weighted by Crippen LogP contribution is -2.37. The summed E-state index contributed by atoms with van der Waals surface area (Å²) in [4.78, 5) is 40.6. The predicted octanol–water partition coefficient (Wildman–Crippen LogP) is 1.58. The van der Waals surface area contributed by atoms with Gasteiger partial charge < -0.3 is 15.4 Å². The first kappa shape index (κ1) is 19.5. The third-order valence-corrected chi connectivity index (χ3v) is 4.19. The Balaban J connectivity index is 1.97. The molecular weight excluding hydrogens is 361 g/mol. The lowest BCUT2D eigenvalue weighted by Gasteiger charge is -2.22. The van der Waals surface area contributed by atoms with Crippen LogP contribution in [0.4, 0.5) is 10.1 Å². The molecule has 0 spiro atoms. The highest BCUT2D eigenvalue weighted by molar-refractivity contribution is 7.09. The molecule has 0 radical (unpaired) electrons. The van der Waals surface area contributed by atoms with Crippen molar-refractivity contribution >= 4 is 34.8 Å². The van der Waals surface area contributed by atoms with E-state index in [0.717, 1.165) is 5.01 Å². The fourth-order valence-electron chi connectivity index (χ4n) is 2.15. The van der Waals surface area contributed by atoms with Gasteiger partial charge in [-0.05, 0) is 31.2 Å². The van der Waals surface area contributed by atoms with Gasteiger partial charge in [0.05, 0.1) is 17.1 Å². The number of primary amides is 1. The van der Waals surface area contributed by atoms with Gasteiger partial charge in [0.2, 0.25) is 5.91 Å². The molecule has 2 N–H and O–H groups in total. The van der Waals surface area contributed by atoms with E-state index in [2.05, 4.69) is 4.98 Å². The molecule has 7 nitrogen and oxygen atoms in total. The number of nitrogens with zero attached hydrogens (tertiary/aromatic N) is 2. The maximum Gasteiger partial charge on any atom is 0.312 e. The van der Waals surface area contributed by atoms with Gasteiger partial charge in [0, 0.05) is 24.0 Å². The SMILES string of the molecule is Cc1nc(CC(=O)OCC(=O)N(CCC(N)=O)c2ccc(F)cc2)cs1. The monoisotopic (exact) mass is 379 g/mol. The summed E-state index contributed by atoms with van der Waals surface area (Å²) in [5, 5.41) is 2.58. The maximum atomic E-state index is 13.1. The molecule has 26 heavy (non-hydrogen) atoms. The van der Waals surface area contributed by atoms with Crippen LogP contribution in [0.1, 0.15) is 17.1 Å². The molecule has 2 amide bonds. The van der Waals surface area contributed by atoms with E-state index in [-0.39, 0.29) is 19.4 Å². The van der Waals surface area contributed by atoms with Crippen molar-refractivity contribution in [2.75, 3.05) is 18.1 Å². The summed E-state index contributed by atoms with van der Waals surface area (Å²) < 4.78 is 18.1. The second-order valence-electron chi connectivity index (χ2n) is 5.43. The molecule has 2 aromatic rings. The molecule has 1 heterocycles. The minimum absolute atomic E-state index is 0.00261. The first-order valence-corrected chi connectivity index (χ1v) is 8.64. The van der Waals surface area contributed by atoms with E-state index < -0.39 is 30.2 Å². The number of halogens is 1. The van der Waals surface area contributed by atoms with Gasteiger partial charge in [-0.15, -0.1) is 11.3 Å². The third-order valence-electron chi connectivity index (χ3n) is 3.37. The Labute approximate surface area is 153 Å². The first-order valence-electron chi connectivity index (χ1n) is 7.76. The molecule has 1 aromatic carbocycles. The Morgan fingerprint density at radius 2 is 1.96 bits per heavy atom. The van der Waals surface area contributed by atoms with Crippen molar-refractivity contribution in [2.24, 2.45) is 5.73 Å². The summed E-state index contributed by atoms with van der Waals surface area (Å²) in [6.07, 6.45) is -0.107. The molecule has 1 aromatic heterocycles. The molecule has 0 aliphatic carbocycles. The van der Waals surface area contributed by atoms with Gasteiger partial charge in [0.25, 0.3) is 5.91 Å². The predicted molar refractivity (Wildman–Crippen MR) is 94.1 cm³/mol. The summed E-state index contributed by atoms with van der Waals surface area (Å²) in [5.74, 6) is -2.17. The van der Waals surface area contributed by atoms with Crippen molar-refractivity contribution in [3.05, 3.63) is 46.2 Å². The average molecular weight is 379 g/mol. The Morgan fingerprint density at radius 3 is 2.54 bits per heavy atom. The molecule has 0 saturated carbocycles. The summed E-state index contributed by atoms with van der Waals surface area (Å²) in [5.41, 5.74) is 6.08. The van der Waals surface area contributed by atoms with Crippen molar-refractivity contribution in [1.82, 2.24) is 4.98 Å². The molecule has 9 heteroatoms. The van der Waals surface area contributed by atoms with Crippen LogP contribution in [0.15, 0.2) is 29.6 Å². The van der Waals surface area contributed by atoms with E-state index in [0.29, 0.717) is 11.4 Å². The number of rotatable bonds is 8. The first-order chi connectivity index (χ1) is 12.3. The highest BCUT2D eigenvalue weighted by Gasteiger charge is 2.19. The van der Waals surface area contributed by atoms with E-state index in [1.165, 1.54) is 40.5 Å². The smallest absolute Gasteiger partial charge is 0.312 e. The summed E-state index contributed by atoms with van der Waals surface area (Å²) in [6.45, 7) is 1.32. The molecule has 0 atom stereocenters. The fraction of sp³-hybridized carbons (Fsp3) is 0.294. The van der Waals surface area contributed by atoms with E-state index in [1.54, 1.807) is 5.38 Å². The lowest BCUT2D eigenvalue weighted by molar-refractivity contribution is -0.147. The second kappa shape index (κ2) is 9.04. The van der Waals surface area contributed by atoms with Gasteiger partial charge in [-0.2, -0.15) is 0 Å². The van der Waals surface area contributed by atoms with Crippen LogP contribution >= 0.6 is 11.3 Å². The van der Waals surface area contributed by atoms with Crippen LogP contribution in [0.2, 0.25) is 0 Å². The Bertz CT molecular complexity index is 792. The van der Waals surface area contributed by atoms with E-state index >= 15 is 0 Å². The molecule has 0 saturated heterocycles. The number of carbonyl (C=O) groups excluding carboxylic acids is 3. The van der Waals surface area contributed by atoms with Crippen LogP contribution in [0.5, 0.6) is 0 Å². The van der Waals surface area contributed by atoms with E-state index in [4.69, 9.17) is 10.5 Å². The Morgan fingerprint density at radius 1 is 1.27 bits per heavy atom. The van der Waals surface area contributed by atoms with Crippen LogP contribution in [0, 0.1) is 12.7 Å². The van der Waals surface area contributed by atoms with Gasteiger partial charge in [-0.1, -0.05) is 0 Å². The van der Waals surface area contributed by atoms with Crippen LogP contribution in [-0.4, -0.2) is 35.9 Å². The third kappa shape index (κ3) is 5.92. The molecular formula is C17H18FN3O4S. The number of esters is 1. The summed E-state index contributed by atoms with van der Waals surface area (Å²) in [7, 11) is 0. The number of thiazole rings is 1. The zero-order valence-electron chi connectivity index (χ0n) is 14.1. The zero-order chi connectivity index (χ0) is 19.1. The van der Waals surface area contributed by atoms with Gasteiger partial charge in [0.1, 0.15) is 5.82 Å². The molecule has 0 unspecified atom stereocenters. The van der Waals surface area contributed by atoms with Crippen molar-refractivity contribution < 1.29 is 23.5 Å². The van der Waals surface area contributed by atoms with Crippen LogP contribution < -0.4 is 10.6 Å². The molecule has 0 bridgehead atoms. The second-order valence-corrected chi connectivity index (χ2v) is 6.50. The number of ether oxygens (including phenoxy) is 1. The average Bonchev–Trinajstić information content (AvgIpc) is 2.99. The minimum atomic E-state index is -0.586. The molecule has 138 valence electrons. The number of aryl methyl sites for hydroxylation is 1. The number of hydrogen-bond acceptors (Lipinski definition) is 6. The largest absolute Gasteiger partial charge is 0.455 e. The summed E-state index contributed by atoms with van der Waals surface area (Å²) in [6, 6.07) is 5.18. The van der Waals surface area contributed by atoms with Crippen LogP contribution in [0.25, 0.3) is 0 Å².